The Morgan fingerprint density at radius 1 is 1.06 bits per heavy atom. The maximum absolute atomic E-state index is 13.5. The topological polar surface area (TPSA) is 62.2 Å². The lowest BCUT2D eigenvalue weighted by Crippen LogP contribution is -2.34. The lowest BCUT2D eigenvalue weighted by atomic mass is 10.1. The summed E-state index contributed by atoms with van der Waals surface area (Å²) in [7, 11) is 1.62. The summed E-state index contributed by atoms with van der Waals surface area (Å²) < 4.78 is 5.23. The van der Waals surface area contributed by atoms with Crippen molar-refractivity contribution in [2.24, 2.45) is 4.99 Å². The number of hydrogen-bond acceptors (Lipinski definition) is 5. The van der Waals surface area contributed by atoms with E-state index in [4.69, 9.17) is 4.74 Å². The van der Waals surface area contributed by atoms with Crippen molar-refractivity contribution in [2.75, 3.05) is 29.2 Å². The van der Waals surface area contributed by atoms with Crippen LogP contribution in [0, 0.1) is 13.8 Å². The van der Waals surface area contributed by atoms with Gasteiger partial charge < -0.3 is 9.64 Å². The number of nitrogens with zero attached hydrogens (tertiary/aromatic N) is 3. The van der Waals surface area contributed by atoms with Gasteiger partial charge >= 0.3 is 0 Å². The molecule has 182 valence electrons. The molecule has 0 aromatic heterocycles. The van der Waals surface area contributed by atoms with Crippen molar-refractivity contribution in [3.63, 3.8) is 0 Å². The van der Waals surface area contributed by atoms with E-state index in [1.54, 1.807) is 18.1 Å². The number of rotatable bonds is 5. The van der Waals surface area contributed by atoms with Crippen molar-refractivity contribution in [2.45, 2.75) is 20.3 Å². The van der Waals surface area contributed by atoms with Gasteiger partial charge in [-0.2, -0.15) is 0 Å². The van der Waals surface area contributed by atoms with E-state index in [1.165, 1.54) is 17.3 Å². The first-order valence-electron chi connectivity index (χ1n) is 11.8. The second-order valence-corrected chi connectivity index (χ2v) is 9.84. The third kappa shape index (κ3) is 4.79. The summed E-state index contributed by atoms with van der Waals surface area (Å²) in [5.41, 5.74) is 6.20. The van der Waals surface area contributed by atoms with Gasteiger partial charge in [0.2, 0.25) is 5.91 Å². The van der Waals surface area contributed by atoms with Crippen LogP contribution in [0.5, 0.6) is 5.75 Å². The minimum absolute atomic E-state index is 0.00746. The zero-order valence-electron chi connectivity index (χ0n) is 20.5. The van der Waals surface area contributed by atoms with Crippen LogP contribution in [-0.2, 0) is 16.0 Å². The molecule has 2 aliphatic rings. The number of para-hydroxylation sites is 1. The number of thioether (sulfide) groups is 1. The van der Waals surface area contributed by atoms with Gasteiger partial charge in [-0.1, -0.05) is 48.2 Å². The van der Waals surface area contributed by atoms with Crippen LogP contribution in [0.2, 0.25) is 0 Å². The van der Waals surface area contributed by atoms with Crippen LogP contribution in [0.15, 0.2) is 77.4 Å². The SMILES string of the molecule is COc1ccc(C=C2N=C(SCC(=O)N3CCc4ccccc43)N(c3cc(C)cc(C)c3)C2=O)cc1. The molecule has 3 aromatic rings. The Balaban J connectivity index is 1.43. The zero-order valence-corrected chi connectivity index (χ0v) is 21.3. The van der Waals surface area contributed by atoms with Gasteiger partial charge in [-0.3, -0.25) is 14.5 Å². The van der Waals surface area contributed by atoms with E-state index in [9.17, 15) is 9.59 Å². The average Bonchev–Trinajstić information content (AvgIpc) is 3.43. The van der Waals surface area contributed by atoms with E-state index in [2.05, 4.69) is 17.1 Å². The van der Waals surface area contributed by atoms with Gasteiger partial charge in [0.25, 0.3) is 5.91 Å². The molecule has 0 spiro atoms. The molecule has 0 unspecified atom stereocenters. The molecule has 36 heavy (non-hydrogen) atoms. The molecule has 0 atom stereocenters. The number of carbonyl (C=O) groups excluding carboxylic acids is 2. The first-order chi connectivity index (χ1) is 17.4. The predicted octanol–water partition coefficient (Wildman–Crippen LogP) is 5.38. The highest BCUT2D eigenvalue weighted by atomic mass is 32.2. The zero-order chi connectivity index (χ0) is 25.2. The lowest BCUT2D eigenvalue weighted by Gasteiger charge is -2.20. The number of amidine groups is 1. The van der Waals surface area contributed by atoms with Crippen molar-refractivity contribution in [1.82, 2.24) is 0 Å². The standard InChI is InChI=1S/C29H27N3O3S/c1-19-14-20(2)16-23(15-19)32-28(34)25(17-21-8-10-24(35-3)11-9-21)30-29(32)36-18-27(33)31-13-12-22-6-4-5-7-26(22)31/h4-11,14-17H,12-13,18H2,1-3H3. The first-order valence-corrected chi connectivity index (χ1v) is 12.8. The summed E-state index contributed by atoms with van der Waals surface area (Å²) in [6, 6.07) is 21.5. The summed E-state index contributed by atoms with van der Waals surface area (Å²) in [6.07, 6.45) is 2.62. The highest BCUT2D eigenvalue weighted by molar-refractivity contribution is 8.14. The van der Waals surface area contributed by atoms with Gasteiger partial charge in [0, 0.05) is 12.2 Å². The maximum Gasteiger partial charge on any atom is 0.283 e. The molecule has 0 N–H and O–H groups in total. The summed E-state index contributed by atoms with van der Waals surface area (Å²) >= 11 is 1.30. The van der Waals surface area contributed by atoms with Crippen molar-refractivity contribution in [3.8, 4) is 5.75 Å². The van der Waals surface area contributed by atoms with Crippen molar-refractivity contribution < 1.29 is 14.3 Å². The normalized spacial score (nSPS) is 15.9. The first kappa shape index (κ1) is 23.9. The second kappa shape index (κ2) is 10.0. The molecule has 0 saturated heterocycles. The Morgan fingerprint density at radius 2 is 1.78 bits per heavy atom. The van der Waals surface area contributed by atoms with E-state index in [-0.39, 0.29) is 17.6 Å². The largest absolute Gasteiger partial charge is 0.497 e. The van der Waals surface area contributed by atoms with Gasteiger partial charge in [0.1, 0.15) is 11.4 Å². The fourth-order valence-electron chi connectivity index (χ4n) is 4.56. The molecule has 2 heterocycles. The Morgan fingerprint density at radius 3 is 2.50 bits per heavy atom. The summed E-state index contributed by atoms with van der Waals surface area (Å²) in [6.45, 7) is 4.68. The van der Waals surface area contributed by atoms with Crippen LogP contribution in [0.3, 0.4) is 0 Å². The number of ether oxygens (including phenoxy) is 1. The van der Waals surface area contributed by atoms with Crippen LogP contribution in [0.4, 0.5) is 11.4 Å². The molecule has 0 radical (unpaired) electrons. The Bertz CT molecular complexity index is 1370. The van der Waals surface area contributed by atoms with E-state index in [0.29, 0.717) is 17.4 Å². The second-order valence-electron chi connectivity index (χ2n) is 8.90. The van der Waals surface area contributed by atoms with Gasteiger partial charge in [0.05, 0.1) is 18.6 Å². The van der Waals surface area contributed by atoms with Gasteiger partial charge in [-0.05, 0) is 78.9 Å². The van der Waals surface area contributed by atoms with Crippen molar-refractivity contribution >= 4 is 46.2 Å². The maximum atomic E-state index is 13.5. The lowest BCUT2D eigenvalue weighted by molar-refractivity contribution is -0.116. The molecule has 3 aromatic carbocycles. The third-order valence-corrected chi connectivity index (χ3v) is 7.15. The molecule has 6 nitrogen and oxygen atoms in total. The molecule has 0 saturated carbocycles. The Kier molecular flexibility index (Phi) is 6.65. The monoisotopic (exact) mass is 497 g/mol. The molecule has 2 amide bonds. The minimum atomic E-state index is -0.211. The van der Waals surface area contributed by atoms with Crippen LogP contribution >= 0.6 is 11.8 Å². The number of anilines is 2. The Hall–Kier alpha value is -3.84. The van der Waals surface area contributed by atoms with Gasteiger partial charge in [-0.25, -0.2) is 4.99 Å². The van der Waals surface area contributed by atoms with E-state index < -0.39 is 0 Å². The third-order valence-electron chi connectivity index (χ3n) is 6.23. The number of aliphatic imine (C=N–C) groups is 1. The van der Waals surface area contributed by atoms with E-state index in [0.717, 1.165) is 40.2 Å². The number of aryl methyl sites for hydroxylation is 2. The molecule has 0 aliphatic carbocycles. The summed E-state index contributed by atoms with van der Waals surface area (Å²) in [4.78, 5) is 34.8. The molecule has 5 rings (SSSR count). The van der Waals surface area contributed by atoms with Crippen LogP contribution in [0.1, 0.15) is 22.3 Å². The van der Waals surface area contributed by atoms with Crippen LogP contribution in [0.25, 0.3) is 6.08 Å². The van der Waals surface area contributed by atoms with E-state index in [1.807, 2.05) is 73.3 Å². The summed E-state index contributed by atoms with van der Waals surface area (Å²) in [5, 5.41) is 0.505. The highest BCUT2D eigenvalue weighted by Gasteiger charge is 2.33. The van der Waals surface area contributed by atoms with Crippen molar-refractivity contribution in [3.05, 3.63) is 94.7 Å². The van der Waals surface area contributed by atoms with Gasteiger partial charge in [0.15, 0.2) is 5.17 Å². The average molecular weight is 498 g/mol. The van der Waals surface area contributed by atoms with Crippen LogP contribution in [-0.4, -0.2) is 36.4 Å². The summed E-state index contributed by atoms with van der Waals surface area (Å²) in [5.74, 6) is 0.733. The number of hydrogen-bond donors (Lipinski definition) is 0. The Labute approximate surface area is 215 Å². The van der Waals surface area contributed by atoms with Crippen LogP contribution < -0.4 is 14.5 Å². The molecule has 0 bridgehead atoms. The quantitative estimate of drug-likeness (QED) is 0.444. The molecule has 2 aliphatic heterocycles. The number of carbonyl (C=O) groups is 2. The predicted molar refractivity (Wildman–Crippen MR) is 147 cm³/mol. The number of methoxy groups -OCH3 is 1. The smallest absolute Gasteiger partial charge is 0.283 e. The minimum Gasteiger partial charge on any atom is -0.497 e. The van der Waals surface area contributed by atoms with Crippen molar-refractivity contribution in [1.29, 1.82) is 0 Å². The van der Waals surface area contributed by atoms with Gasteiger partial charge in [-0.15, -0.1) is 0 Å². The molecule has 7 heteroatoms. The number of benzene rings is 3. The molecular weight excluding hydrogens is 470 g/mol. The van der Waals surface area contributed by atoms with E-state index >= 15 is 0 Å². The fraction of sp³-hybridized carbons (Fsp3) is 0.207. The number of fused-ring (bicyclic) bond motifs is 1. The fourth-order valence-corrected chi connectivity index (χ4v) is 5.45. The highest BCUT2D eigenvalue weighted by Crippen LogP contribution is 2.32. The molecule has 0 fully saturated rings. The molecular formula is C29H27N3O3S. The number of amides is 2.